The molecule has 1 N–H and O–H groups in total. The molecule has 1 amide bonds. The Bertz CT molecular complexity index is 904. The van der Waals surface area contributed by atoms with Crippen molar-refractivity contribution in [2.24, 2.45) is 0 Å². The van der Waals surface area contributed by atoms with E-state index in [1.807, 2.05) is 66.7 Å². The Morgan fingerprint density at radius 2 is 1.67 bits per heavy atom. The molecule has 27 heavy (non-hydrogen) atoms. The molecule has 1 aromatic heterocycles. The first-order chi connectivity index (χ1) is 13.2. The van der Waals surface area contributed by atoms with Crippen molar-refractivity contribution in [3.05, 3.63) is 77.2 Å². The van der Waals surface area contributed by atoms with Gasteiger partial charge < -0.3 is 10.1 Å². The summed E-state index contributed by atoms with van der Waals surface area (Å²) in [4.78, 5) is 26.0. The number of ether oxygens (including phenoxy) is 1. The molecular formula is C22H21NO3S. The van der Waals surface area contributed by atoms with Crippen LogP contribution in [0.2, 0.25) is 0 Å². The molecular weight excluding hydrogens is 358 g/mol. The lowest BCUT2D eigenvalue weighted by Gasteiger charge is -2.06. The lowest BCUT2D eigenvalue weighted by atomic mass is 10.1. The highest BCUT2D eigenvalue weighted by Gasteiger charge is 2.19. The largest absolute Gasteiger partial charge is 0.462 e. The number of nitrogens with one attached hydrogen (secondary N) is 1. The van der Waals surface area contributed by atoms with Crippen molar-refractivity contribution in [1.29, 1.82) is 0 Å². The van der Waals surface area contributed by atoms with Crippen LogP contribution in [-0.2, 0) is 16.0 Å². The van der Waals surface area contributed by atoms with E-state index in [0.29, 0.717) is 30.0 Å². The topological polar surface area (TPSA) is 55.4 Å². The van der Waals surface area contributed by atoms with Gasteiger partial charge in [0, 0.05) is 11.3 Å². The molecule has 3 rings (SSSR count). The van der Waals surface area contributed by atoms with E-state index in [1.54, 1.807) is 6.92 Å². The lowest BCUT2D eigenvalue weighted by Crippen LogP contribution is -2.14. The maximum atomic E-state index is 12.4. The highest BCUT2D eigenvalue weighted by molar-refractivity contribution is 7.18. The maximum Gasteiger partial charge on any atom is 0.350 e. The van der Waals surface area contributed by atoms with Crippen molar-refractivity contribution in [2.45, 2.75) is 19.8 Å². The molecule has 4 nitrogen and oxygen atoms in total. The first-order valence-corrected chi connectivity index (χ1v) is 9.69. The van der Waals surface area contributed by atoms with Crippen molar-refractivity contribution in [1.82, 2.24) is 0 Å². The number of carbonyl (C=O) groups excluding carboxylic acids is 2. The van der Waals surface area contributed by atoms with Gasteiger partial charge in [0.1, 0.15) is 4.88 Å². The lowest BCUT2D eigenvalue weighted by molar-refractivity contribution is -0.116. The van der Waals surface area contributed by atoms with Crippen molar-refractivity contribution in [2.75, 3.05) is 11.9 Å². The summed E-state index contributed by atoms with van der Waals surface area (Å²) in [6.45, 7) is 2.06. The number of amides is 1. The van der Waals surface area contributed by atoms with Gasteiger partial charge in [-0.25, -0.2) is 4.79 Å². The quantitative estimate of drug-likeness (QED) is 0.577. The number of benzene rings is 2. The van der Waals surface area contributed by atoms with Crippen LogP contribution in [0.5, 0.6) is 0 Å². The van der Waals surface area contributed by atoms with E-state index in [1.165, 1.54) is 11.3 Å². The molecule has 0 atom stereocenters. The monoisotopic (exact) mass is 379 g/mol. The third kappa shape index (κ3) is 5.05. The average Bonchev–Trinajstić information content (AvgIpc) is 3.12. The Balaban J connectivity index is 1.77. The first kappa shape index (κ1) is 18.9. The van der Waals surface area contributed by atoms with Crippen LogP contribution in [0, 0.1) is 0 Å². The van der Waals surface area contributed by atoms with Gasteiger partial charge in [-0.05, 0) is 30.5 Å². The second-order valence-corrected chi connectivity index (χ2v) is 7.03. The minimum atomic E-state index is -0.414. The molecule has 0 radical (unpaired) electrons. The summed E-state index contributed by atoms with van der Waals surface area (Å²) in [7, 11) is 0. The van der Waals surface area contributed by atoms with Crippen LogP contribution in [0.4, 0.5) is 5.69 Å². The molecule has 0 saturated carbocycles. The predicted molar refractivity (Wildman–Crippen MR) is 109 cm³/mol. The van der Waals surface area contributed by atoms with Crippen molar-refractivity contribution in [3.63, 3.8) is 0 Å². The van der Waals surface area contributed by atoms with Gasteiger partial charge in [-0.3, -0.25) is 4.79 Å². The second kappa shape index (κ2) is 9.14. The van der Waals surface area contributed by atoms with Gasteiger partial charge in [0.25, 0.3) is 0 Å². The number of esters is 1. The molecule has 138 valence electrons. The highest BCUT2D eigenvalue weighted by Crippen LogP contribution is 2.35. The Morgan fingerprint density at radius 1 is 1.00 bits per heavy atom. The van der Waals surface area contributed by atoms with E-state index >= 15 is 0 Å². The summed E-state index contributed by atoms with van der Waals surface area (Å²) in [6.07, 6.45) is 1.000. The number of rotatable bonds is 7. The minimum absolute atomic E-state index is 0.123. The first-order valence-electron chi connectivity index (χ1n) is 8.87. The van der Waals surface area contributed by atoms with Crippen molar-refractivity contribution < 1.29 is 14.3 Å². The van der Waals surface area contributed by atoms with E-state index in [9.17, 15) is 9.59 Å². The molecule has 1 heterocycles. The zero-order chi connectivity index (χ0) is 19.1. The number of thiophene rings is 1. The number of hydrogen-bond acceptors (Lipinski definition) is 4. The molecule has 0 saturated heterocycles. The van der Waals surface area contributed by atoms with Crippen molar-refractivity contribution >= 4 is 28.9 Å². The van der Waals surface area contributed by atoms with E-state index in [2.05, 4.69) is 5.32 Å². The summed E-state index contributed by atoms with van der Waals surface area (Å²) in [5.74, 6) is -0.537. The van der Waals surface area contributed by atoms with Crippen LogP contribution >= 0.6 is 11.3 Å². The molecule has 0 aliphatic carbocycles. The number of carbonyl (C=O) groups is 2. The SMILES string of the molecule is CCOC(=O)c1sc(-c2ccccc2)cc1NC(=O)CCc1ccccc1. The zero-order valence-electron chi connectivity index (χ0n) is 15.1. The van der Waals surface area contributed by atoms with Crippen LogP contribution in [0.15, 0.2) is 66.7 Å². The fourth-order valence-corrected chi connectivity index (χ4v) is 3.70. The molecule has 0 bridgehead atoms. The smallest absolute Gasteiger partial charge is 0.350 e. The van der Waals surface area contributed by atoms with Gasteiger partial charge in [0.05, 0.1) is 12.3 Å². The van der Waals surface area contributed by atoms with Crippen LogP contribution in [0.1, 0.15) is 28.6 Å². The Hall–Kier alpha value is -2.92. The van der Waals surface area contributed by atoms with Gasteiger partial charge in [-0.2, -0.15) is 0 Å². The molecule has 2 aromatic carbocycles. The second-order valence-electron chi connectivity index (χ2n) is 5.97. The summed E-state index contributed by atoms with van der Waals surface area (Å²) >= 11 is 1.33. The molecule has 0 aliphatic heterocycles. The van der Waals surface area contributed by atoms with Crippen LogP contribution in [0.3, 0.4) is 0 Å². The number of hydrogen-bond donors (Lipinski definition) is 1. The summed E-state index contributed by atoms with van der Waals surface area (Å²) < 4.78 is 5.15. The normalized spacial score (nSPS) is 10.4. The van der Waals surface area contributed by atoms with Crippen LogP contribution in [0.25, 0.3) is 10.4 Å². The van der Waals surface area contributed by atoms with E-state index in [4.69, 9.17) is 4.74 Å². The van der Waals surface area contributed by atoms with Crippen molar-refractivity contribution in [3.8, 4) is 10.4 Å². The molecule has 0 unspecified atom stereocenters. The standard InChI is InChI=1S/C22H21NO3S/c1-2-26-22(25)21-18(15-19(27-21)17-11-7-4-8-12-17)23-20(24)14-13-16-9-5-3-6-10-16/h3-12,15H,2,13-14H2,1H3,(H,23,24). The minimum Gasteiger partial charge on any atom is -0.462 e. The number of anilines is 1. The molecule has 0 aliphatic rings. The molecule has 0 fully saturated rings. The van der Waals surface area contributed by atoms with Crippen LogP contribution < -0.4 is 5.32 Å². The van der Waals surface area contributed by atoms with Gasteiger partial charge >= 0.3 is 5.97 Å². The Kier molecular flexibility index (Phi) is 6.39. The third-order valence-corrected chi connectivity index (χ3v) is 5.17. The van der Waals surface area contributed by atoms with Crippen LogP contribution in [-0.4, -0.2) is 18.5 Å². The fraction of sp³-hybridized carbons (Fsp3) is 0.182. The van der Waals surface area contributed by atoms with Gasteiger partial charge in [-0.15, -0.1) is 11.3 Å². The molecule has 0 spiro atoms. The highest BCUT2D eigenvalue weighted by atomic mass is 32.1. The van der Waals surface area contributed by atoms with E-state index in [-0.39, 0.29) is 5.91 Å². The Labute approximate surface area is 162 Å². The maximum absolute atomic E-state index is 12.4. The third-order valence-electron chi connectivity index (χ3n) is 4.01. The Morgan fingerprint density at radius 3 is 2.33 bits per heavy atom. The summed E-state index contributed by atoms with van der Waals surface area (Å²) in [5.41, 5.74) is 2.61. The fourth-order valence-electron chi connectivity index (χ4n) is 2.69. The van der Waals surface area contributed by atoms with Gasteiger partial charge in [-0.1, -0.05) is 60.7 Å². The van der Waals surface area contributed by atoms with Gasteiger partial charge in [0.2, 0.25) is 5.91 Å². The predicted octanol–water partition coefficient (Wildman–Crippen LogP) is 5.16. The van der Waals surface area contributed by atoms with E-state index in [0.717, 1.165) is 16.0 Å². The number of aryl methyl sites for hydroxylation is 1. The summed E-state index contributed by atoms with van der Waals surface area (Å²) in [5, 5.41) is 2.88. The zero-order valence-corrected chi connectivity index (χ0v) is 15.9. The average molecular weight is 379 g/mol. The van der Waals surface area contributed by atoms with E-state index < -0.39 is 5.97 Å². The summed E-state index contributed by atoms with van der Waals surface area (Å²) in [6, 6.07) is 21.5. The van der Waals surface area contributed by atoms with Gasteiger partial charge in [0.15, 0.2) is 0 Å². The molecule has 3 aromatic rings. The molecule has 5 heteroatoms.